The molecule has 1 aliphatic rings. The highest BCUT2D eigenvalue weighted by atomic mass is 16.5. The molecular formula is C16H23N3O2. The van der Waals surface area contributed by atoms with Crippen LogP contribution in [0.4, 0.5) is 5.69 Å². The Morgan fingerprint density at radius 2 is 2.29 bits per heavy atom. The highest BCUT2D eigenvalue weighted by Crippen LogP contribution is 2.23. The van der Waals surface area contributed by atoms with E-state index in [-0.39, 0.29) is 11.9 Å². The molecule has 114 valence electrons. The van der Waals surface area contributed by atoms with Crippen LogP contribution in [0.2, 0.25) is 0 Å². The van der Waals surface area contributed by atoms with Gasteiger partial charge in [-0.05, 0) is 25.5 Å². The zero-order valence-electron chi connectivity index (χ0n) is 12.4. The van der Waals surface area contributed by atoms with Crippen LogP contribution in [0.15, 0.2) is 36.4 Å². The van der Waals surface area contributed by atoms with Crippen LogP contribution in [0.3, 0.4) is 0 Å². The van der Waals surface area contributed by atoms with Gasteiger partial charge >= 0.3 is 0 Å². The van der Waals surface area contributed by atoms with Crippen molar-refractivity contribution in [2.24, 2.45) is 5.73 Å². The molecule has 0 saturated carbocycles. The minimum atomic E-state index is -0.0455. The lowest BCUT2D eigenvalue weighted by atomic mass is 10.1. The van der Waals surface area contributed by atoms with Gasteiger partial charge in [0.25, 0.3) is 0 Å². The number of anilines is 1. The van der Waals surface area contributed by atoms with E-state index in [1.807, 2.05) is 31.2 Å². The summed E-state index contributed by atoms with van der Waals surface area (Å²) in [6, 6.07) is 7.61. The molecule has 0 aromatic heterocycles. The van der Waals surface area contributed by atoms with Gasteiger partial charge in [-0.15, -0.1) is 0 Å². The Kier molecular flexibility index (Phi) is 5.78. The molecule has 0 aliphatic carbocycles. The number of carbonyl (C=O) groups excluding carboxylic acids is 1. The molecule has 0 bridgehead atoms. The summed E-state index contributed by atoms with van der Waals surface area (Å²) in [5.74, 6) is 0.651. The number of benzene rings is 1. The van der Waals surface area contributed by atoms with Crippen LogP contribution in [-0.4, -0.2) is 43.1 Å². The maximum Gasteiger partial charge on any atom is 0.238 e. The van der Waals surface area contributed by atoms with Gasteiger partial charge in [0, 0.05) is 19.1 Å². The van der Waals surface area contributed by atoms with Crippen LogP contribution in [0.5, 0.6) is 5.75 Å². The van der Waals surface area contributed by atoms with Crippen molar-refractivity contribution in [1.29, 1.82) is 0 Å². The zero-order chi connectivity index (χ0) is 15.1. The van der Waals surface area contributed by atoms with E-state index < -0.39 is 0 Å². The van der Waals surface area contributed by atoms with Crippen LogP contribution in [0.1, 0.15) is 13.3 Å². The highest BCUT2D eigenvalue weighted by molar-refractivity contribution is 5.93. The standard InChI is InChI=1S/C16H23N3O2/c1-2-21-15-9-4-3-8-14(15)18-16(20)12-19-10-6-5-7-13(19)11-17/h3-5,7-9,13H,2,6,10-12,17H2,1H3,(H,18,20). The van der Waals surface area contributed by atoms with Crippen LogP contribution < -0.4 is 15.8 Å². The molecule has 1 heterocycles. The predicted octanol–water partition coefficient (Wildman–Crippen LogP) is 1.61. The first kappa shape index (κ1) is 15.5. The summed E-state index contributed by atoms with van der Waals surface area (Å²) in [7, 11) is 0. The molecule has 3 N–H and O–H groups in total. The molecule has 1 aromatic rings. The van der Waals surface area contributed by atoms with Crippen molar-refractivity contribution in [3.05, 3.63) is 36.4 Å². The fourth-order valence-corrected chi connectivity index (χ4v) is 2.43. The fourth-order valence-electron chi connectivity index (χ4n) is 2.43. The molecule has 1 aromatic carbocycles. The first-order valence-electron chi connectivity index (χ1n) is 7.37. The van der Waals surface area contributed by atoms with E-state index in [2.05, 4.69) is 22.4 Å². The fraction of sp³-hybridized carbons (Fsp3) is 0.438. The van der Waals surface area contributed by atoms with Crippen molar-refractivity contribution < 1.29 is 9.53 Å². The molecule has 5 heteroatoms. The number of hydrogen-bond acceptors (Lipinski definition) is 4. The number of carbonyl (C=O) groups is 1. The average molecular weight is 289 g/mol. The van der Waals surface area contributed by atoms with Gasteiger partial charge < -0.3 is 15.8 Å². The summed E-state index contributed by atoms with van der Waals surface area (Å²) in [6.45, 7) is 4.22. The largest absolute Gasteiger partial charge is 0.492 e. The lowest BCUT2D eigenvalue weighted by Gasteiger charge is -2.30. The van der Waals surface area contributed by atoms with Gasteiger partial charge in [-0.1, -0.05) is 24.3 Å². The predicted molar refractivity (Wildman–Crippen MR) is 84.4 cm³/mol. The van der Waals surface area contributed by atoms with E-state index >= 15 is 0 Å². The van der Waals surface area contributed by atoms with Crippen molar-refractivity contribution in [2.45, 2.75) is 19.4 Å². The number of para-hydroxylation sites is 2. The molecular weight excluding hydrogens is 266 g/mol. The summed E-state index contributed by atoms with van der Waals surface area (Å²) >= 11 is 0. The van der Waals surface area contributed by atoms with Crippen molar-refractivity contribution in [2.75, 3.05) is 31.6 Å². The quantitative estimate of drug-likeness (QED) is 0.781. The molecule has 0 radical (unpaired) electrons. The Balaban J connectivity index is 1.97. The second kappa shape index (κ2) is 7.81. The lowest BCUT2D eigenvalue weighted by molar-refractivity contribution is -0.117. The Bertz CT molecular complexity index is 502. The number of nitrogens with zero attached hydrogens (tertiary/aromatic N) is 1. The van der Waals surface area contributed by atoms with Crippen LogP contribution in [0.25, 0.3) is 0 Å². The monoisotopic (exact) mass is 289 g/mol. The number of hydrogen-bond donors (Lipinski definition) is 2. The van der Waals surface area contributed by atoms with Gasteiger partial charge in [0.2, 0.25) is 5.91 Å². The molecule has 1 amide bonds. The maximum atomic E-state index is 12.2. The Morgan fingerprint density at radius 1 is 1.48 bits per heavy atom. The topological polar surface area (TPSA) is 67.6 Å². The number of nitrogens with one attached hydrogen (secondary N) is 1. The number of rotatable bonds is 6. The minimum Gasteiger partial charge on any atom is -0.492 e. The Morgan fingerprint density at radius 3 is 3.05 bits per heavy atom. The molecule has 0 fully saturated rings. The van der Waals surface area contributed by atoms with Crippen LogP contribution >= 0.6 is 0 Å². The molecule has 1 unspecified atom stereocenters. The third-order valence-electron chi connectivity index (χ3n) is 3.46. The Hall–Kier alpha value is -1.85. The average Bonchev–Trinajstić information content (AvgIpc) is 2.50. The number of nitrogens with two attached hydrogens (primary N) is 1. The van der Waals surface area contributed by atoms with Gasteiger partial charge in [-0.3, -0.25) is 9.69 Å². The molecule has 5 nitrogen and oxygen atoms in total. The highest BCUT2D eigenvalue weighted by Gasteiger charge is 2.20. The van der Waals surface area contributed by atoms with E-state index in [1.165, 1.54) is 0 Å². The van der Waals surface area contributed by atoms with Crippen molar-refractivity contribution >= 4 is 11.6 Å². The van der Waals surface area contributed by atoms with Gasteiger partial charge in [0.05, 0.1) is 18.8 Å². The summed E-state index contributed by atoms with van der Waals surface area (Å²) in [4.78, 5) is 14.3. The SMILES string of the molecule is CCOc1ccccc1NC(=O)CN1CCC=CC1CN. The van der Waals surface area contributed by atoms with Crippen LogP contribution in [0, 0.1) is 0 Å². The van der Waals surface area contributed by atoms with E-state index in [0.29, 0.717) is 31.1 Å². The molecule has 2 rings (SSSR count). The minimum absolute atomic E-state index is 0.0455. The summed E-state index contributed by atoms with van der Waals surface area (Å²) < 4.78 is 5.51. The Labute approximate surface area is 125 Å². The normalized spacial score (nSPS) is 18.5. The summed E-state index contributed by atoms with van der Waals surface area (Å²) in [5, 5.41) is 2.92. The second-order valence-corrected chi connectivity index (χ2v) is 4.97. The summed E-state index contributed by atoms with van der Waals surface area (Å²) in [6.07, 6.45) is 5.15. The number of amides is 1. The third-order valence-corrected chi connectivity index (χ3v) is 3.46. The first-order chi connectivity index (χ1) is 10.2. The van der Waals surface area contributed by atoms with E-state index in [4.69, 9.17) is 10.5 Å². The van der Waals surface area contributed by atoms with E-state index in [1.54, 1.807) is 0 Å². The van der Waals surface area contributed by atoms with Crippen molar-refractivity contribution in [3.63, 3.8) is 0 Å². The molecule has 1 aliphatic heterocycles. The van der Waals surface area contributed by atoms with Crippen LogP contribution in [-0.2, 0) is 4.79 Å². The molecule has 1 atom stereocenters. The van der Waals surface area contributed by atoms with Crippen molar-refractivity contribution in [3.8, 4) is 5.75 Å². The maximum absolute atomic E-state index is 12.2. The second-order valence-electron chi connectivity index (χ2n) is 4.97. The molecule has 21 heavy (non-hydrogen) atoms. The van der Waals surface area contributed by atoms with Gasteiger partial charge in [0.15, 0.2) is 0 Å². The first-order valence-corrected chi connectivity index (χ1v) is 7.37. The molecule has 0 spiro atoms. The smallest absolute Gasteiger partial charge is 0.238 e. The van der Waals surface area contributed by atoms with E-state index in [0.717, 1.165) is 13.0 Å². The van der Waals surface area contributed by atoms with Gasteiger partial charge in [-0.2, -0.15) is 0 Å². The molecule has 0 saturated heterocycles. The zero-order valence-corrected chi connectivity index (χ0v) is 12.4. The lowest BCUT2D eigenvalue weighted by Crippen LogP contribution is -2.45. The third kappa shape index (κ3) is 4.31. The van der Waals surface area contributed by atoms with Gasteiger partial charge in [0.1, 0.15) is 5.75 Å². The number of ether oxygens (including phenoxy) is 1. The van der Waals surface area contributed by atoms with E-state index in [9.17, 15) is 4.79 Å². The summed E-state index contributed by atoms with van der Waals surface area (Å²) in [5.41, 5.74) is 6.45. The van der Waals surface area contributed by atoms with Gasteiger partial charge in [-0.25, -0.2) is 0 Å². The van der Waals surface area contributed by atoms with Crippen molar-refractivity contribution in [1.82, 2.24) is 4.90 Å².